The van der Waals surface area contributed by atoms with Crippen molar-refractivity contribution in [3.8, 4) is 0 Å². The Bertz CT molecular complexity index is 659. The Balaban J connectivity index is 2.27. The smallest absolute Gasteiger partial charge is 0.338 e. The first-order valence-electron chi connectivity index (χ1n) is 7.07. The second kappa shape index (κ2) is 7.08. The van der Waals surface area contributed by atoms with Crippen LogP contribution in [0.15, 0.2) is 27.6 Å². The van der Waals surface area contributed by atoms with E-state index >= 15 is 0 Å². The van der Waals surface area contributed by atoms with Crippen molar-refractivity contribution in [1.82, 2.24) is 4.72 Å². The number of nitrogens with one attached hydrogen (secondary N) is 1. The molecule has 1 aliphatic carbocycles. The molecule has 2 rings (SSSR count). The maximum absolute atomic E-state index is 12.5. The lowest BCUT2D eigenvalue weighted by atomic mass is 10.2. The van der Waals surface area contributed by atoms with Crippen LogP contribution in [0.3, 0.4) is 0 Å². The zero-order valence-corrected chi connectivity index (χ0v) is 14.6. The molecule has 0 spiro atoms. The fourth-order valence-electron chi connectivity index (χ4n) is 2.15. The van der Waals surface area contributed by atoms with E-state index in [2.05, 4.69) is 20.7 Å². The quantitative estimate of drug-likeness (QED) is 0.689. The van der Waals surface area contributed by atoms with Gasteiger partial charge in [-0.1, -0.05) is 15.9 Å². The van der Waals surface area contributed by atoms with Crippen LogP contribution in [0.4, 0.5) is 0 Å². The van der Waals surface area contributed by atoms with Gasteiger partial charge in [0.15, 0.2) is 0 Å². The number of halogens is 1. The molecule has 0 amide bonds. The van der Waals surface area contributed by atoms with Gasteiger partial charge in [-0.3, -0.25) is 0 Å². The number of ether oxygens (including phenoxy) is 1. The SMILES string of the molecule is CCOC(=O)c1cc(Br)cc(S(=O)(=O)NC(CN)C2CC2)c1. The van der Waals surface area contributed by atoms with Gasteiger partial charge in [0.05, 0.1) is 17.1 Å². The van der Waals surface area contributed by atoms with E-state index in [9.17, 15) is 13.2 Å². The van der Waals surface area contributed by atoms with E-state index in [1.54, 1.807) is 6.92 Å². The van der Waals surface area contributed by atoms with Gasteiger partial charge >= 0.3 is 5.97 Å². The molecule has 22 heavy (non-hydrogen) atoms. The molecular formula is C14H19BrN2O4S. The monoisotopic (exact) mass is 390 g/mol. The maximum Gasteiger partial charge on any atom is 0.338 e. The van der Waals surface area contributed by atoms with Crippen LogP contribution in [0.25, 0.3) is 0 Å². The van der Waals surface area contributed by atoms with Gasteiger partial charge in [-0.2, -0.15) is 0 Å². The van der Waals surface area contributed by atoms with Gasteiger partial charge in [-0.25, -0.2) is 17.9 Å². The lowest BCUT2D eigenvalue weighted by molar-refractivity contribution is 0.0526. The van der Waals surface area contributed by atoms with Crippen LogP contribution in [-0.2, 0) is 14.8 Å². The largest absolute Gasteiger partial charge is 0.462 e. The molecule has 0 bridgehead atoms. The van der Waals surface area contributed by atoms with Crippen molar-refractivity contribution >= 4 is 31.9 Å². The van der Waals surface area contributed by atoms with Crippen LogP contribution in [-0.4, -0.2) is 33.6 Å². The van der Waals surface area contributed by atoms with Gasteiger partial charge in [0.2, 0.25) is 10.0 Å². The highest BCUT2D eigenvalue weighted by molar-refractivity contribution is 9.10. The van der Waals surface area contributed by atoms with Crippen LogP contribution in [0.1, 0.15) is 30.1 Å². The minimum atomic E-state index is -3.74. The number of sulfonamides is 1. The molecule has 0 aliphatic heterocycles. The zero-order chi connectivity index (χ0) is 16.3. The fourth-order valence-corrected chi connectivity index (χ4v) is 4.19. The molecule has 3 N–H and O–H groups in total. The summed E-state index contributed by atoms with van der Waals surface area (Å²) in [5.41, 5.74) is 5.82. The number of hydrogen-bond donors (Lipinski definition) is 2. The summed E-state index contributed by atoms with van der Waals surface area (Å²) >= 11 is 3.22. The fraction of sp³-hybridized carbons (Fsp3) is 0.500. The molecule has 0 heterocycles. The Hall–Kier alpha value is -0.960. The summed E-state index contributed by atoms with van der Waals surface area (Å²) in [5.74, 6) is -0.255. The van der Waals surface area contributed by atoms with Gasteiger partial charge in [-0.05, 0) is 43.9 Å². The number of hydrogen-bond acceptors (Lipinski definition) is 5. The molecule has 1 aliphatic rings. The van der Waals surface area contributed by atoms with Crippen molar-refractivity contribution in [2.24, 2.45) is 11.7 Å². The highest BCUT2D eigenvalue weighted by Gasteiger charge is 2.33. The maximum atomic E-state index is 12.5. The van der Waals surface area contributed by atoms with Crippen molar-refractivity contribution in [2.45, 2.75) is 30.7 Å². The van der Waals surface area contributed by atoms with E-state index in [1.807, 2.05) is 0 Å². The lowest BCUT2D eigenvalue weighted by Crippen LogP contribution is -2.41. The first kappa shape index (κ1) is 17.4. The number of nitrogens with two attached hydrogens (primary N) is 1. The molecule has 1 fully saturated rings. The van der Waals surface area contributed by atoms with Crippen LogP contribution in [0.2, 0.25) is 0 Å². The summed E-state index contributed by atoms with van der Waals surface area (Å²) in [6.07, 6.45) is 1.97. The van der Waals surface area contributed by atoms with E-state index in [0.29, 0.717) is 10.4 Å². The average Bonchev–Trinajstić information content (AvgIpc) is 3.29. The molecule has 0 saturated heterocycles. The van der Waals surface area contributed by atoms with Gasteiger partial charge < -0.3 is 10.5 Å². The third-order valence-corrected chi connectivity index (χ3v) is 5.37. The normalized spacial score (nSPS) is 16.3. The van der Waals surface area contributed by atoms with Crippen molar-refractivity contribution < 1.29 is 17.9 Å². The van der Waals surface area contributed by atoms with Crippen molar-refractivity contribution in [3.05, 3.63) is 28.2 Å². The minimum Gasteiger partial charge on any atom is -0.462 e. The molecule has 1 aromatic rings. The molecule has 1 saturated carbocycles. The summed E-state index contributed by atoms with van der Waals surface area (Å²) < 4.78 is 33.0. The molecule has 1 atom stereocenters. The van der Waals surface area contributed by atoms with Crippen LogP contribution < -0.4 is 10.5 Å². The highest BCUT2D eigenvalue weighted by atomic mass is 79.9. The Kier molecular flexibility index (Phi) is 5.60. The van der Waals surface area contributed by atoms with Crippen molar-refractivity contribution in [3.63, 3.8) is 0 Å². The number of benzene rings is 1. The average molecular weight is 391 g/mol. The second-order valence-electron chi connectivity index (χ2n) is 5.20. The van der Waals surface area contributed by atoms with E-state index in [-0.39, 0.29) is 29.7 Å². The molecule has 0 aromatic heterocycles. The van der Waals surface area contributed by atoms with Crippen LogP contribution in [0.5, 0.6) is 0 Å². The van der Waals surface area contributed by atoms with Crippen molar-refractivity contribution in [1.29, 1.82) is 0 Å². The molecule has 8 heteroatoms. The van der Waals surface area contributed by atoms with Gasteiger partial charge in [0.1, 0.15) is 0 Å². The second-order valence-corrected chi connectivity index (χ2v) is 7.83. The number of carbonyl (C=O) groups is 1. The van der Waals surface area contributed by atoms with E-state index in [0.717, 1.165) is 12.8 Å². The molecular weight excluding hydrogens is 372 g/mol. The molecule has 6 nitrogen and oxygen atoms in total. The number of esters is 1. The van der Waals surface area contributed by atoms with E-state index in [1.165, 1.54) is 18.2 Å². The summed E-state index contributed by atoms with van der Waals surface area (Å²) in [4.78, 5) is 11.8. The Morgan fingerprint density at radius 1 is 1.45 bits per heavy atom. The summed E-state index contributed by atoms with van der Waals surface area (Å²) in [7, 11) is -3.74. The standard InChI is InChI=1S/C14H19BrN2O4S/c1-2-21-14(18)10-5-11(15)7-12(6-10)22(19,20)17-13(8-16)9-3-4-9/h5-7,9,13,17H,2-4,8,16H2,1H3. The summed E-state index contributed by atoms with van der Waals surface area (Å²) in [6.45, 7) is 2.17. The first-order chi connectivity index (χ1) is 10.4. The minimum absolute atomic E-state index is 0.0176. The Morgan fingerprint density at radius 3 is 2.68 bits per heavy atom. The summed E-state index contributed by atoms with van der Waals surface area (Å²) in [5, 5.41) is 0. The first-order valence-corrected chi connectivity index (χ1v) is 9.35. The van der Waals surface area contributed by atoms with Gasteiger partial charge in [0, 0.05) is 17.1 Å². The third kappa shape index (κ3) is 4.28. The van der Waals surface area contributed by atoms with E-state index in [4.69, 9.17) is 10.5 Å². The topological polar surface area (TPSA) is 98.5 Å². The lowest BCUT2D eigenvalue weighted by Gasteiger charge is -2.16. The molecule has 0 radical (unpaired) electrons. The predicted octanol–water partition coefficient (Wildman–Crippen LogP) is 1.64. The van der Waals surface area contributed by atoms with Gasteiger partial charge in [-0.15, -0.1) is 0 Å². The molecule has 1 unspecified atom stereocenters. The van der Waals surface area contributed by atoms with E-state index < -0.39 is 16.0 Å². The van der Waals surface area contributed by atoms with Crippen molar-refractivity contribution in [2.75, 3.05) is 13.2 Å². The number of carbonyl (C=O) groups excluding carboxylic acids is 1. The number of rotatable bonds is 7. The Labute approximate surface area is 138 Å². The molecule has 122 valence electrons. The molecule has 1 aromatic carbocycles. The van der Waals surface area contributed by atoms with Crippen LogP contribution in [0, 0.1) is 5.92 Å². The Morgan fingerprint density at radius 2 is 2.14 bits per heavy atom. The predicted molar refractivity (Wildman–Crippen MR) is 86.0 cm³/mol. The zero-order valence-electron chi connectivity index (χ0n) is 12.2. The summed E-state index contributed by atoms with van der Waals surface area (Å²) in [6, 6.07) is 4.02. The van der Waals surface area contributed by atoms with Crippen LogP contribution >= 0.6 is 15.9 Å². The van der Waals surface area contributed by atoms with Gasteiger partial charge in [0.25, 0.3) is 0 Å². The third-order valence-electron chi connectivity index (χ3n) is 3.44. The highest BCUT2D eigenvalue weighted by Crippen LogP contribution is 2.33.